The van der Waals surface area contributed by atoms with Gasteiger partial charge in [-0.3, -0.25) is 9.69 Å². The highest BCUT2D eigenvalue weighted by Crippen LogP contribution is 2.30. The van der Waals surface area contributed by atoms with E-state index < -0.39 is 0 Å². The summed E-state index contributed by atoms with van der Waals surface area (Å²) in [6.07, 6.45) is 5.12. The van der Waals surface area contributed by atoms with E-state index in [0.29, 0.717) is 28.0 Å². The third kappa shape index (κ3) is 4.22. The van der Waals surface area contributed by atoms with Crippen molar-refractivity contribution in [2.75, 3.05) is 11.9 Å². The van der Waals surface area contributed by atoms with E-state index in [9.17, 15) is 4.79 Å². The van der Waals surface area contributed by atoms with Crippen LogP contribution in [0, 0.1) is 6.92 Å². The van der Waals surface area contributed by atoms with E-state index in [1.165, 1.54) is 12.8 Å². The van der Waals surface area contributed by atoms with Gasteiger partial charge < -0.3 is 5.32 Å². The summed E-state index contributed by atoms with van der Waals surface area (Å²) >= 11 is 5.88. The first-order valence-corrected chi connectivity index (χ1v) is 9.49. The van der Waals surface area contributed by atoms with Gasteiger partial charge in [0, 0.05) is 22.9 Å². The van der Waals surface area contributed by atoms with Gasteiger partial charge in [-0.25, -0.2) is 9.97 Å². The monoisotopic (exact) mass is 372 g/mol. The van der Waals surface area contributed by atoms with Crippen LogP contribution in [-0.4, -0.2) is 33.4 Å². The molecule has 138 valence electrons. The molecule has 5 nitrogen and oxygen atoms in total. The maximum Gasteiger partial charge on any atom is 0.259 e. The van der Waals surface area contributed by atoms with E-state index in [1.54, 1.807) is 30.5 Å². The summed E-state index contributed by atoms with van der Waals surface area (Å²) in [5.74, 6) is 0.611. The molecular formula is C20H25ClN4O. The van der Waals surface area contributed by atoms with Gasteiger partial charge in [0.25, 0.3) is 5.91 Å². The molecule has 1 saturated heterocycles. The lowest BCUT2D eigenvalue weighted by molar-refractivity contribution is 0.101. The lowest BCUT2D eigenvalue weighted by Gasteiger charge is -2.37. The van der Waals surface area contributed by atoms with Crippen molar-refractivity contribution >= 4 is 23.2 Å². The van der Waals surface area contributed by atoms with Crippen LogP contribution in [0.4, 0.5) is 5.69 Å². The van der Waals surface area contributed by atoms with Crippen molar-refractivity contribution < 1.29 is 4.79 Å². The summed E-state index contributed by atoms with van der Waals surface area (Å²) in [6.45, 7) is 7.35. The van der Waals surface area contributed by atoms with Crippen LogP contribution in [0.1, 0.15) is 61.0 Å². The third-order valence-electron chi connectivity index (χ3n) is 4.85. The van der Waals surface area contributed by atoms with E-state index in [2.05, 4.69) is 34.0 Å². The van der Waals surface area contributed by atoms with Crippen LogP contribution in [0.5, 0.6) is 0 Å². The minimum atomic E-state index is -0.208. The number of amides is 1. The number of carbonyl (C=O) groups excluding carboxylic acids is 1. The zero-order valence-corrected chi connectivity index (χ0v) is 16.3. The highest BCUT2D eigenvalue weighted by Gasteiger charge is 2.28. The third-order valence-corrected chi connectivity index (χ3v) is 5.10. The second kappa shape index (κ2) is 8.14. The molecule has 26 heavy (non-hydrogen) atoms. The van der Waals surface area contributed by atoms with Crippen molar-refractivity contribution in [3.8, 4) is 0 Å². The van der Waals surface area contributed by atoms with Crippen molar-refractivity contribution in [2.45, 2.75) is 52.1 Å². The van der Waals surface area contributed by atoms with Gasteiger partial charge in [0.05, 0.1) is 17.3 Å². The predicted octanol–water partition coefficient (Wildman–Crippen LogP) is 4.63. The number of nitrogens with one attached hydrogen (secondary N) is 1. The van der Waals surface area contributed by atoms with Gasteiger partial charge >= 0.3 is 0 Å². The van der Waals surface area contributed by atoms with Crippen molar-refractivity contribution in [3.63, 3.8) is 0 Å². The fraction of sp³-hybridized carbons (Fsp3) is 0.450. The number of rotatable bonds is 4. The number of nitrogens with zero attached hydrogens (tertiary/aromatic N) is 3. The summed E-state index contributed by atoms with van der Waals surface area (Å²) in [7, 11) is 0. The van der Waals surface area contributed by atoms with Crippen molar-refractivity contribution in [1.29, 1.82) is 0 Å². The highest BCUT2D eigenvalue weighted by atomic mass is 35.5. The molecule has 1 aliphatic heterocycles. The van der Waals surface area contributed by atoms with E-state index in [4.69, 9.17) is 11.6 Å². The molecule has 0 saturated carbocycles. The first-order valence-electron chi connectivity index (χ1n) is 9.12. The van der Waals surface area contributed by atoms with Gasteiger partial charge in [-0.2, -0.15) is 0 Å². The quantitative estimate of drug-likeness (QED) is 0.850. The maximum absolute atomic E-state index is 12.5. The second-order valence-electron chi connectivity index (χ2n) is 7.03. The number of benzene rings is 1. The molecule has 1 aromatic carbocycles. The Labute approximate surface area is 159 Å². The van der Waals surface area contributed by atoms with Crippen LogP contribution >= 0.6 is 11.6 Å². The molecule has 1 fully saturated rings. The highest BCUT2D eigenvalue weighted by molar-refractivity contribution is 6.30. The largest absolute Gasteiger partial charge is 0.322 e. The van der Waals surface area contributed by atoms with Gasteiger partial charge in [-0.05, 0) is 64.4 Å². The Bertz CT molecular complexity index is 776. The van der Waals surface area contributed by atoms with Crippen LogP contribution in [0.3, 0.4) is 0 Å². The Morgan fingerprint density at radius 1 is 1.27 bits per heavy atom. The summed E-state index contributed by atoms with van der Waals surface area (Å²) in [5, 5.41) is 3.50. The van der Waals surface area contributed by atoms with Gasteiger partial charge in [-0.15, -0.1) is 0 Å². The van der Waals surface area contributed by atoms with Crippen LogP contribution in [0.15, 0.2) is 30.5 Å². The molecule has 0 aliphatic carbocycles. The fourth-order valence-corrected chi connectivity index (χ4v) is 3.58. The number of likely N-dealkylation sites (tertiary alicyclic amines) is 1. The second-order valence-corrected chi connectivity index (χ2v) is 7.47. The van der Waals surface area contributed by atoms with Crippen molar-refractivity contribution in [3.05, 3.63) is 52.6 Å². The van der Waals surface area contributed by atoms with Gasteiger partial charge in [-0.1, -0.05) is 18.0 Å². The van der Waals surface area contributed by atoms with Crippen LogP contribution in [0.2, 0.25) is 5.02 Å². The zero-order chi connectivity index (χ0) is 18.7. The van der Waals surface area contributed by atoms with Crippen molar-refractivity contribution in [2.24, 2.45) is 0 Å². The normalized spacial score (nSPS) is 18.1. The number of anilines is 1. The number of aryl methyl sites for hydroxylation is 1. The van der Waals surface area contributed by atoms with E-state index >= 15 is 0 Å². The van der Waals surface area contributed by atoms with Crippen LogP contribution in [0.25, 0.3) is 0 Å². The Morgan fingerprint density at radius 2 is 2.00 bits per heavy atom. The van der Waals surface area contributed by atoms with E-state index in [0.717, 1.165) is 18.8 Å². The SMILES string of the molecule is Cc1nc([C@@H]2CCCCN2C(C)C)ncc1C(=O)Nc1ccc(Cl)cc1. The maximum atomic E-state index is 12.5. The molecule has 0 unspecified atom stereocenters. The van der Waals surface area contributed by atoms with Gasteiger partial charge in [0.15, 0.2) is 0 Å². The average Bonchev–Trinajstić information content (AvgIpc) is 2.63. The molecule has 1 amide bonds. The number of aromatic nitrogens is 2. The molecule has 2 aromatic rings. The van der Waals surface area contributed by atoms with E-state index in [-0.39, 0.29) is 11.9 Å². The molecule has 0 spiro atoms. The minimum absolute atomic E-state index is 0.208. The molecule has 1 N–H and O–H groups in total. The Kier molecular flexibility index (Phi) is 5.89. The molecule has 0 radical (unpaired) electrons. The summed E-state index contributed by atoms with van der Waals surface area (Å²) in [5.41, 5.74) is 1.90. The molecule has 1 aliphatic rings. The smallest absolute Gasteiger partial charge is 0.259 e. The Morgan fingerprint density at radius 3 is 2.65 bits per heavy atom. The fourth-order valence-electron chi connectivity index (χ4n) is 3.45. The summed E-state index contributed by atoms with van der Waals surface area (Å²) in [4.78, 5) is 24.2. The molecule has 1 atom stereocenters. The Hall–Kier alpha value is -1.98. The number of carbonyl (C=O) groups is 1. The minimum Gasteiger partial charge on any atom is -0.322 e. The molecular weight excluding hydrogens is 348 g/mol. The summed E-state index contributed by atoms with van der Waals surface area (Å²) < 4.78 is 0. The summed E-state index contributed by atoms with van der Waals surface area (Å²) in [6, 6.07) is 7.72. The lowest BCUT2D eigenvalue weighted by Crippen LogP contribution is -2.39. The molecule has 6 heteroatoms. The number of hydrogen-bond donors (Lipinski definition) is 1. The van der Waals surface area contributed by atoms with Crippen LogP contribution in [-0.2, 0) is 0 Å². The predicted molar refractivity (Wildman–Crippen MR) is 105 cm³/mol. The topological polar surface area (TPSA) is 58.1 Å². The standard InChI is InChI=1S/C20H25ClN4O/c1-13(2)25-11-5-4-6-18(25)19-22-12-17(14(3)23-19)20(26)24-16-9-7-15(21)8-10-16/h7-10,12-13,18H,4-6,11H2,1-3H3,(H,24,26)/t18-/m0/s1. The number of hydrogen-bond acceptors (Lipinski definition) is 4. The zero-order valence-electron chi connectivity index (χ0n) is 15.5. The number of piperidine rings is 1. The first kappa shape index (κ1) is 18.8. The Balaban J connectivity index is 1.78. The van der Waals surface area contributed by atoms with E-state index in [1.807, 2.05) is 6.92 Å². The van der Waals surface area contributed by atoms with Crippen molar-refractivity contribution in [1.82, 2.24) is 14.9 Å². The number of halogens is 1. The first-order chi connectivity index (χ1) is 12.5. The molecule has 2 heterocycles. The van der Waals surface area contributed by atoms with Gasteiger partial charge in [0.1, 0.15) is 5.82 Å². The lowest BCUT2D eigenvalue weighted by atomic mass is 9.99. The van der Waals surface area contributed by atoms with Gasteiger partial charge in [0.2, 0.25) is 0 Å². The molecule has 0 bridgehead atoms. The molecule has 3 rings (SSSR count). The molecule has 1 aromatic heterocycles. The average molecular weight is 373 g/mol. The van der Waals surface area contributed by atoms with Crippen LogP contribution < -0.4 is 5.32 Å².